The molecule has 1 unspecified atom stereocenters. The number of benzene rings is 2. The SMILES string of the molecule is COc1ccc(C(=O)NC(C)c2c(C)nn(C)c2C)cc1S(=O)(=O)N(C)Cc1ccccc1. The zero-order valence-electron chi connectivity index (χ0n) is 19.8. The van der Waals surface area contributed by atoms with E-state index in [1.165, 1.54) is 30.6 Å². The number of amides is 1. The first-order chi connectivity index (χ1) is 15.6. The van der Waals surface area contributed by atoms with Gasteiger partial charge in [0.05, 0.1) is 18.8 Å². The molecule has 2 aromatic carbocycles. The minimum atomic E-state index is -3.91. The molecule has 0 aliphatic carbocycles. The molecule has 0 spiro atoms. The smallest absolute Gasteiger partial charge is 0.251 e. The number of methoxy groups -OCH3 is 1. The lowest BCUT2D eigenvalue weighted by atomic mass is 10.1. The van der Waals surface area contributed by atoms with Crippen molar-refractivity contribution < 1.29 is 17.9 Å². The molecule has 0 aliphatic rings. The van der Waals surface area contributed by atoms with Crippen LogP contribution >= 0.6 is 0 Å². The van der Waals surface area contributed by atoms with Gasteiger partial charge in [-0.2, -0.15) is 9.40 Å². The molecule has 8 nitrogen and oxygen atoms in total. The summed E-state index contributed by atoms with van der Waals surface area (Å²) in [6.45, 7) is 5.91. The minimum absolute atomic E-state index is 0.0579. The quantitative estimate of drug-likeness (QED) is 0.545. The molecule has 1 aromatic heterocycles. The molecule has 3 aromatic rings. The van der Waals surface area contributed by atoms with Gasteiger partial charge >= 0.3 is 0 Å². The maximum absolute atomic E-state index is 13.3. The highest BCUT2D eigenvalue weighted by atomic mass is 32.2. The van der Waals surface area contributed by atoms with Gasteiger partial charge in [0.2, 0.25) is 10.0 Å². The Morgan fingerprint density at radius 3 is 2.42 bits per heavy atom. The fourth-order valence-corrected chi connectivity index (χ4v) is 5.22. The molecular weight excluding hydrogens is 440 g/mol. The van der Waals surface area contributed by atoms with Gasteiger partial charge in [-0.1, -0.05) is 30.3 Å². The number of carbonyl (C=O) groups excluding carboxylic acids is 1. The predicted molar refractivity (Wildman–Crippen MR) is 127 cm³/mol. The molecule has 1 heterocycles. The van der Waals surface area contributed by atoms with Gasteiger partial charge < -0.3 is 10.1 Å². The number of ether oxygens (including phenoxy) is 1. The molecule has 9 heteroatoms. The average molecular weight is 471 g/mol. The first-order valence-corrected chi connectivity index (χ1v) is 12.0. The predicted octanol–water partition coefficient (Wildman–Crippen LogP) is 3.36. The third kappa shape index (κ3) is 5.09. The van der Waals surface area contributed by atoms with Crippen LogP contribution in [-0.2, 0) is 23.6 Å². The Labute approximate surface area is 195 Å². The number of rotatable bonds is 8. The topological polar surface area (TPSA) is 93.5 Å². The number of nitrogens with one attached hydrogen (secondary N) is 1. The summed E-state index contributed by atoms with van der Waals surface area (Å²) in [5.41, 5.74) is 3.82. The van der Waals surface area contributed by atoms with Gasteiger partial charge in [-0.3, -0.25) is 9.48 Å². The Balaban J connectivity index is 1.89. The standard InChI is InChI=1S/C24H30N4O4S/c1-16(23-17(2)26-28(5)18(23)3)25-24(29)20-12-13-21(32-6)22(14-20)33(30,31)27(4)15-19-10-8-7-9-11-19/h7-14,16H,15H2,1-6H3,(H,25,29). The van der Waals surface area contributed by atoms with Crippen molar-refractivity contribution in [1.82, 2.24) is 19.4 Å². The third-order valence-corrected chi connectivity index (χ3v) is 7.53. The zero-order valence-corrected chi connectivity index (χ0v) is 20.6. The molecule has 0 bridgehead atoms. The van der Waals surface area contributed by atoms with Crippen LogP contribution in [0.15, 0.2) is 53.4 Å². The second kappa shape index (κ2) is 9.76. The Hall–Kier alpha value is -3.17. The van der Waals surface area contributed by atoms with Crippen LogP contribution in [0.1, 0.15) is 45.8 Å². The molecular formula is C24H30N4O4S. The van der Waals surface area contributed by atoms with E-state index in [-0.39, 0.29) is 34.7 Å². The van der Waals surface area contributed by atoms with Crippen LogP contribution in [0.2, 0.25) is 0 Å². The summed E-state index contributed by atoms with van der Waals surface area (Å²) < 4.78 is 35.0. The van der Waals surface area contributed by atoms with E-state index in [9.17, 15) is 13.2 Å². The van der Waals surface area contributed by atoms with Gasteiger partial charge in [0.15, 0.2) is 0 Å². The highest BCUT2D eigenvalue weighted by Crippen LogP contribution is 2.29. The van der Waals surface area contributed by atoms with Crippen molar-refractivity contribution in [2.75, 3.05) is 14.2 Å². The lowest BCUT2D eigenvalue weighted by Crippen LogP contribution is -2.29. The van der Waals surface area contributed by atoms with Gasteiger partial charge in [0.25, 0.3) is 5.91 Å². The molecule has 3 rings (SSSR count). The Kier molecular flexibility index (Phi) is 7.24. The van der Waals surface area contributed by atoms with E-state index in [4.69, 9.17) is 4.74 Å². The number of aryl methyl sites for hydroxylation is 2. The molecule has 1 atom stereocenters. The lowest BCUT2D eigenvalue weighted by molar-refractivity contribution is 0.0939. The monoisotopic (exact) mass is 470 g/mol. The fraction of sp³-hybridized carbons (Fsp3) is 0.333. The fourth-order valence-electron chi connectivity index (χ4n) is 3.88. The van der Waals surface area contributed by atoms with Crippen LogP contribution in [-0.4, -0.2) is 42.6 Å². The Morgan fingerprint density at radius 2 is 1.85 bits per heavy atom. The van der Waals surface area contributed by atoms with Gasteiger partial charge in [0, 0.05) is 37.5 Å². The van der Waals surface area contributed by atoms with E-state index in [1.807, 2.05) is 58.2 Å². The Bertz CT molecular complexity index is 1250. The maximum Gasteiger partial charge on any atom is 0.251 e. The van der Waals surface area contributed by atoms with E-state index in [1.54, 1.807) is 10.7 Å². The molecule has 0 fully saturated rings. The summed E-state index contributed by atoms with van der Waals surface area (Å²) in [5, 5.41) is 7.35. The maximum atomic E-state index is 13.3. The van der Waals surface area contributed by atoms with E-state index in [2.05, 4.69) is 10.4 Å². The molecule has 1 N–H and O–H groups in total. The molecule has 176 valence electrons. The summed E-state index contributed by atoms with van der Waals surface area (Å²) in [7, 11) is 0.851. The molecule has 0 saturated carbocycles. The van der Waals surface area contributed by atoms with Crippen LogP contribution in [0.5, 0.6) is 5.75 Å². The zero-order chi connectivity index (χ0) is 24.3. The van der Waals surface area contributed by atoms with Crippen LogP contribution in [0, 0.1) is 13.8 Å². The van der Waals surface area contributed by atoms with Crippen LogP contribution < -0.4 is 10.1 Å². The van der Waals surface area contributed by atoms with Crippen LogP contribution in [0.3, 0.4) is 0 Å². The Morgan fingerprint density at radius 1 is 1.18 bits per heavy atom. The van der Waals surface area contributed by atoms with Gasteiger partial charge in [-0.25, -0.2) is 8.42 Å². The van der Waals surface area contributed by atoms with Crippen molar-refractivity contribution in [3.63, 3.8) is 0 Å². The van der Waals surface area contributed by atoms with Crippen molar-refractivity contribution >= 4 is 15.9 Å². The second-order valence-corrected chi connectivity index (χ2v) is 10.0. The lowest BCUT2D eigenvalue weighted by Gasteiger charge is -2.20. The van der Waals surface area contributed by atoms with Gasteiger partial charge in [-0.05, 0) is 44.5 Å². The normalized spacial score (nSPS) is 12.6. The first-order valence-electron chi connectivity index (χ1n) is 10.6. The first kappa shape index (κ1) is 24.5. The van der Waals surface area contributed by atoms with Crippen LogP contribution in [0.25, 0.3) is 0 Å². The van der Waals surface area contributed by atoms with Crippen molar-refractivity contribution in [1.29, 1.82) is 0 Å². The summed E-state index contributed by atoms with van der Waals surface area (Å²) >= 11 is 0. The highest BCUT2D eigenvalue weighted by Gasteiger charge is 2.27. The number of sulfonamides is 1. The number of carbonyl (C=O) groups is 1. The van der Waals surface area contributed by atoms with E-state index < -0.39 is 10.0 Å². The average Bonchev–Trinajstić information content (AvgIpc) is 3.04. The number of aromatic nitrogens is 2. The molecule has 33 heavy (non-hydrogen) atoms. The molecule has 0 aliphatic heterocycles. The minimum Gasteiger partial charge on any atom is -0.495 e. The summed E-state index contributed by atoms with van der Waals surface area (Å²) in [6.07, 6.45) is 0. The number of hydrogen-bond donors (Lipinski definition) is 1. The van der Waals surface area contributed by atoms with Crippen molar-refractivity contribution in [3.05, 3.63) is 76.6 Å². The van der Waals surface area contributed by atoms with E-state index in [0.29, 0.717) is 0 Å². The van der Waals surface area contributed by atoms with E-state index >= 15 is 0 Å². The summed E-state index contributed by atoms with van der Waals surface area (Å²) in [5.74, 6) is -0.201. The van der Waals surface area contributed by atoms with E-state index in [0.717, 1.165) is 22.5 Å². The molecule has 0 radical (unpaired) electrons. The summed E-state index contributed by atoms with van der Waals surface area (Å²) in [4.78, 5) is 13.0. The highest BCUT2D eigenvalue weighted by molar-refractivity contribution is 7.89. The molecule has 0 saturated heterocycles. The summed E-state index contributed by atoms with van der Waals surface area (Å²) in [6, 6.07) is 13.4. The van der Waals surface area contributed by atoms with Gasteiger partial charge in [-0.15, -0.1) is 0 Å². The largest absolute Gasteiger partial charge is 0.495 e. The second-order valence-electron chi connectivity index (χ2n) is 8.02. The number of nitrogens with zero attached hydrogens (tertiary/aromatic N) is 3. The van der Waals surface area contributed by atoms with Crippen molar-refractivity contribution in [3.8, 4) is 5.75 Å². The third-order valence-electron chi connectivity index (χ3n) is 5.71. The molecule has 1 amide bonds. The van der Waals surface area contributed by atoms with Crippen LogP contribution in [0.4, 0.5) is 0 Å². The number of hydrogen-bond acceptors (Lipinski definition) is 5. The van der Waals surface area contributed by atoms with Gasteiger partial charge in [0.1, 0.15) is 10.6 Å². The van der Waals surface area contributed by atoms with Crippen molar-refractivity contribution in [2.24, 2.45) is 7.05 Å². The van der Waals surface area contributed by atoms with Crippen molar-refractivity contribution in [2.45, 2.75) is 38.3 Å².